The summed E-state index contributed by atoms with van der Waals surface area (Å²) in [5.74, 6) is -0.701. The molecule has 0 saturated heterocycles. The largest absolute Gasteiger partial charge is 0.289 e. The van der Waals surface area contributed by atoms with E-state index in [0.29, 0.717) is 5.02 Å². The molecular weight excluding hydrogens is 496 g/mol. The van der Waals surface area contributed by atoms with Gasteiger partial charge in [0.1, 0.15) is 0 Å². The van der Waals surface area contributed by atoms with Crippen LogP contribution < -0.4 is 22.2 Å². The lowest BCUT2D eigenvalue weighted by molar-refractivity contribution is 0.104. The van der Waals surface area contributed by atoms with Crippen LogP contribution >= 0.6 is 11.6 Å². The summed E-state index contributed by atoms with van der Waals surface area (Å²) in [5.41, 5.74) is -2.88. The average molecular weight is 509 g/mol. The van der Waals surface area contributed by atoms with E-state index in [0.717, 1.165) is 9.13 Å². The van der Waals surface area contributed by atoms with Crippen molar-refractivity contribution in [1.29, 1.82) is 0 Å². The van der Waals surface area contributed by atoms with Crippen LogP contribution in [-0.4, -0.2) is 24.9 Å². The normalized spacial score (nSPS) is 11.4. The van der Waals surface area contributed by atoms with E-state index in [4.69, 9.17) is 11.6 Å². The highest BCUT2D eigenvalue weighted by Gasteiger charge is 2.29. The Bertz CT molecular complexity index is 1950. The Morgan fingerprint density at radius 1 is 0.676 bits per heavy atom. The summed E-state index contributed by atoms with van der Waals surface area (Å²) >= 11 is 5.97. The van der Waals surface area contributed by atoms with Gasteiger partial charge in [-0.2, -0.15) is 0 Å². The third kappa shape index (κ3) is 3.29. The Labute approximate surface area is 211 Å². The minimum atomic E-state index is -0.798. The maximum atomic E-state index is 13.8. The van der Waals surface area contributed by atoms with E-state index in [-0.39, 0.29) is 44.0 Å². The highest BCUT2D eigenvalue weighted by molar-refractivity contribution is 6.31. The van der Waals surface area contributed by atoms with Gasteiger partial charge in [0.25, 0.3) is 22.2 Å². The molecule has 0 amide bonds. The van der Waals surface area contributed by atoms with Crippen LogP contribution in [0, 0.1) is 0 Å². The van der Waals surface area contributed by atoms with Gasteiger partial charge < -0.3 is 0 Å². The minimum Gasteiger partial charge on any atom is -0.289 e. The van der Waals surface area contributed by atoms with Gasteiger partial charge in [-0.15, -0.1) is 0 Å². The summed E-state index contributed by atoms with van der Waals surface area (Å²) in [6.07, 6.45) is 5.62. The van der Waals surface area contributed by atoms with Gasteiger partial charge >= 0.3 is 0 Å². The molecule has 0 spiro atoms. The van der Waals surface area contributed by atoms with Crippen LogP contribution in [0.4, 0.5) is 0 Å². The Morgan fingerprint density at radius 2 is 1.16 bits per heavy atom. The first-order chi connectivity index (χ1) is 17.9. The van der Waals surface area contributed by atoms with Crippen LogP contribution in [0.15, 0.2) is 98.6 Å². The van der Waals surface area contributed by atoms with Crippen LogP contribution in [-0.2, 0) is 0 Å². The first-order valence-electron chi connectivity index (χ1n) is 11.0. The summed E-state index contributed by atoms with van der Waals surface area (Å²) < 4.78 is 1.75. The first-order valence-corrected chi connectivity index (χ1v) is 11.3. The summed E-state index contributed by atoms with van der Waals surface area (Å²) in [5, 5.41) is -0.426. The number of hydrogen-bond donors (Lipinski definition) is 0. The number of carbonyl (C=O) groups excluding carboxylic acids is 1. The molecule has 0 aliphatic rings. The zero-order chi connectivity index (χ0) is 25.8. The van der Waals surface area contributed by atoms with E-state index in [1.165, 1.54) is 67.3 Å². The number of pyridine rings is 2. The molecule has 0 fully saturated rings. The van der Waals surface area contributed by atoms with Crippen molar-refractivity contribution < 1.29 is 4.79 Å². The molecule has 0 atom stereocenters. The van der Waals surface area contributed by atoms with Gasteiger partial charge in [0.2, 0.25) is 0 Å². The number of nitrogens with zero attached hydrogens (tertiary/aromatic N) is 4. The monoisotopic (exact) mass is 508 g/mol. The van der Waals surface area contributed by atoms with Gasteiger partial charge in [-0.25, -0.2) is 9.13 Å². The van der Waals surface area contributed by atoms with E-state index in [1.807, 2.05) is 0 Å². The van der Waals surface area contributed by atoms with Crippen molar-refractivity contribution in [2.24, 2.45) is 0 Å². The Morgan fingerprint density at radius 3 is 1.59 bits per heavy atom. The van der Waals surface area contributed by atoms with Gasteiger partial charge in [-0.05, 0) is 54.6 Å². The molecule has 0 aliphatic heterocycles. The van der Waals surface area contributed by atoms with Gasteiger partial charge in [-0.3, -0.25) is 33.9 Å². The predicted octanol–water partition coefficient (Wildman–Crippen LogP) is 2.57. The van der Waals surface area contributed by atoms with E-state index < -0.39 is 28.0 Å². The zero-order valence-electron chi connectivity index (χ0n) is 18.7. The number of benzene rings is 2. The molecule has 0 aliphatic carbocycles. The lowest BCUT2D eigenvalue weighted by Gasteiger charge is -2.04. The van der Waals surface area contributed by atoms with E-state index in [9.17, 15) is 24.0 Å². The Balaban J connectivity index is 1.81. The molecule has 4 aromatic heterocycles. The fourth-order valence-electron chi connectivity index (χ4n) is 4.53. The fraction of sp³-hybridized carbons (Fsp3) is 0. The van der Waals surface area contributed by atoms with Gasteiger partial charge in [-0.1, -0.05) is 11.6 Å². The molecule has 37 heavy (non-hydrogen) atoms. The summed E-state index contributed by atoms with van der Waals surface area (Å²) in [4.78, 5) is 75.9. The summed E-state index contributed by atoms with van der Waals surface area (Å²) in [6, 6.07) is 13.2. The maximum Gasteiger partial charge on any atom is 0.266 e. The topological polar surface area (TPSA) is 121 Å². The number of halogens is 1. The maximum absolute atomic E-state index is 13.8. The molecule has 6 rings (SSSR count). The van der Waals surface area contributed by atoms with Gasteiger partial charge in [0, 0.05) is 28.5 Å². The lowest BCUT2D eigenvalue weighted by atomic mass is 9.95. The van der Waals surface area contributed by atoms with Crippen LogP contribution in [0.2, 0.25) is 5.02 Å². The van der Waals surface area contributed by atoms with Crippen molar-refractivity contribution in [3.63, 3.8) is 0 Å². The quantitative estimate of drug-likeness (QED) is 0.335. The molecule has 10 heteroatoms. The van der Waals surface area contributed by atoms with Crippen molar-refractivity contribution in [2.75, 3.05) is 0 Å². The average Bonchev–Trinajstić information content (AvgIpc) is 3.32. The van der Waals surface area contributed by atoms with E-state index in [1.54, 1.807) is 12.1 Å². The van der Waals surface area contributed by atoms with Crippen molar-refractivity contribution in [3.05, 3.63) is 137 Å². The second kappa shape index (κ2) is 8.28. The molecule has 0 bridgehead atoms. The molecule has 178 valence electrons. The molecule has 0 saturated carbocycles. The van der Waals surface area contributed by atoms with E-state index >= 15 is 0 Å². The third-order valence-electron chi connectivity index (χ3n) is 6.17. The molecule has 9 nitrogen and oxygen atoms in total. The number of ketones is 1. The van der Waals surface area contributed by atoms with Crippen LogP contribution in [0.3, 0.4) is 0 Å². The molecule has 2 aromatic carbocycles. The third-order valence-corrected chi connectivity index (χ3v) is 6.42. The number of hydrogen-bond acceptors (Lipinski definition) is 7. The SMILES string of the molecule is O=C(c1ccc(Cl)cc1)c1c2c(=O)n(-c3cccnc3)c(=O)c2cc2c(=O)n(-c3cccnc3)c(=O)c12. The molecule has 0 radical (unpaired) electrons. The van der Waals surface area contributed by atoms with Crippen molar-refractivity contribution in [3.8, 4) is 11.4 Å². The predicted molar refractivity (Wildman–Crippen MR) is 138 cm³/mol. The first kappa shape index (κ1) is 22.4. The van der Waals surface area contributed by atoms with Crippen LogP contribution in [0.25, 0.3) is 32.9 Å². The molecular formula is C27H13ClN4O5. The number of rotatable bonds is 4. The standard InChI is InChI=1S/C27H13ClN4O5/c28-15-7-5-14(6-8-15)23(33)22-20-18(24(34)31(26(20)36)16-3-1-9-29-12-16)11-19-21(22)27(37)32(25(19)35)17-4-2-10-30-13-17/h1-13H. The lowest BCUT2D eigenvalue weighted by Crippen LogP contribution is -2.25. The van der Waals surface area contributed by atoms with Crippen molar-refractivity contribution in [2.45, 2.75) is 0 Å². The number of aromatic nitrogens is 4. The molecule has 6 aromatic rings. The molecule has 4 heterocycles. The van der Waals surface area contributed by atoms with Crippen LogP contribution in [0.5, 0.6) is 0 Å². The Kier molecular flexibility index (Phi) is 5.02. The van der Waals surface area contributed by atoms with Crippen molar-refractivity contribution >= 4 is 38.9 Å². The minimum absolute atomic E-state index is 0.125. The molecule has 0 N–H and O–H groups in total. The second-order valence-electron chi connectivity index (χ2n) is 8.25. The number of fused-ring (bicyclic) bond motifs is 2. The second-order valence-corrected chi connectivity index (χ2v) is 8.68. The summed E-state index contributed by atoms with van der Waals surface area (Å²) in [7, 11) is 0. The van der Waals surface area contributed by atoms with E-state index in [2.05, 4.69) is 9.97 Å². The smallest absolute Gasteiger partial charge is 0.266 e. The fourth-order valence-corrected chi connectivity index (χ4v) is 4.65. The van der Waals surface area contributed by atoms with Crippen molar-refractivity contribution in [1.82, 2.24) is 19.1 Å². The zero-order valence-corrected chi connectivity index (χ0v) is 19.5. The highest BCUT2D eigenvalue weighted by atomic mass is 35.5. The number of carbonyl (C=O) groups is 1. The summed E-state index contributed by atoms with van der Waals surface area (Å²) in [6.45, 7) is 0. The highest BCUT2D eigenvalue weighted by Crippen LogP contribution is 2.26. The van der Waals surface area contributed by atoms with Gasteiger partial charge in [0.05, 0.1) is 45.3 Å². The Hall–Kier alpha value is -5.02. The molecule has 0 unspecified atom stereocenters. The van der Waals surface area contributed by atoms with Crippen LogP contribution in [0.1, 0.15) is 15.9 Å². The van der Waals surface area contributed by atoms with Gasteiger partial charge in [0.15, 0.2) is 5.78 Å².